The molecule has 156 valence electrons. The van der Waals surface area contributed by atoms with E-state index in [0.717, 1.165) is 15.7 Å². The van der Waals surface area contributed by atoms with Gasteiger partial charge in [0.2, 0.25) is 5.91 Å². The molecule has 5 rings (SSSR count). The van der Waals surface area contributed by atoms with Crippen molar-refractivity contribution in [3.63, 3.8) is 0 Å². The molecule has 2 heterocycles. The number of carbonyl (C=O) groups excluding carboxylic acids is 2. The van der Waals surface area contributed by atoms with Crippen LogP contribution in [0.15, 0.2) is 83.3 Å². The van der Waals surface area contributed by atoms with Crippen LogP contribution in [-0.2, 0) is 14.4 Å². The van der Waals surface area contributed by atoms with E-state index < -0.39 is 18.1 Å². The number of hydrogen-bond acceptors (Lipinski definition) is 5. The van der Waals surface area contributed by atoms with Gasteiger partial charge in [0.05, 0.1) is 24.5 Å². The Kier molecular flexibility index (Phi) is 5.00. The van der Waals surface area contributed by atoms with E-state index in [2.05, 4.69) is 15.9 Å². The number of hydroxylamine groups is 1. The van der Waals surface area contributed by atoms with E-state index in [4.69, 9.17) is 9.57 Å². The number of anilines is 2. The fourth-order valence-corrected chi connectivity index (χ4v) is 4.66. The molecular formula is C24H19BrN2O4. The van der Waals surface area contributed by atoms with Crippen LogP contribution < -0.4 is 14.7 Å². The van der Waals surface area contributed by atoms with E-state index >= 15 is 0 Å². The molecule has 0 aliphatic carbocycles. The maximum Gasteiger partial charge on any atom is 0.266 e. The smallest absolute Gasteiger partial charge is 0.266 e. The van der Waals surface area contributed by atoms with Crippen LogP contribution >= 0.6 is 15.9 Å². The highest BCUT2D eigenvalue weighted by Gasteiger charge is 2.60. The van der Waals surface area contributed by atoms with E-state index in [9.17, 15) is 9.59 Å². The third-order valence-corrected chi connectivity index (χ3v) is 6.12. The van der Waals surface area contributed by atoms with Crippen molar-refractivity contribution in [2.45, 2.75) is 12.1 Å². The van der Waals surface area contributed by atoms with E-state index in [0.29, 0.717) is 11.4 Å². The second-order valence-electron chi connectivity index (χ2n) is 7.43. The predicted octanol–water partition coefficient (Wildman–Crippen LogP) is 4.51. The van der Waals surface area contributed by atoms with Gasteiger partial charge in [-0.1, -0.05) is 52.3 Å². The van der Waals surface area contributed by atoms with Crippen LogP contribution in [0.4, 0.5) is 11.4 Å². The van der Waals surface area contributed by atoms with Crippen LogP contribution in [0.2, 0.25) is 0 Å². The lowest BCUT2D eigenvalue weighted by atomic mass is 9.90. The Morgan fingerprint density at radius 1 is 0.871 bits per heavy atom. The first-order valence-electron chi connectivity index (χ1n) is 9.87. The fraction of sp³-hybridized carbons (Fsp3) is 0.167. The monoisotopic (exact) mass is 478 g/mol. The number of carbonyl (C=O) groups is 2. The average Bonchev–Trinajstić information content (AvgIpc) is 3.30. The third-order valence-electron chi connectivity index (χ3n) is 5.63. The van der Waals surface area contributed by atoms with Gasteiger partial charge in [0.15, 0.2) is 6.10 Å². The summed E-state index contributed by atoms with van der Waals surface area (Å²) in [5.74, 6) is -0.757. The largest absolute Gasteiger partial charge is 0.497 e. The first-order valence-corrected chi connectivity index (χ1v) is 10.7. The lowest BCUT2D eigenvalue weighted by Crippen LogP contribution is -2.37. The van der Waals surface area contributed by atoms with Crippen molar-refractivity contribution in [1.29, 1.82) is 0 Å². The lowest BCUT2D eigenvalue weighted by Gasteiger charge is -2.29. The number of imide groups is 1. The van der Waals surface area contributed by atoms with Gasteiger partial charge in [0.25, 0.3) is 5.91 Å². The Morgan fingerprint density at radius 3 is 2.35 bits per heavy atom. The summed E-state index contributed by atoms with van der Waals surface area (Å²) in [6, 6.07) is 23.7. The minimum absolute atomic E-state index is 0.286. The molecule has 2 aliphatic rings. The first-order chi connectivity index (χ1) is 15.1. The highest BCUT2D eigenvalue weighted by atomic mass is 79.9. The highest BCUT2D eigenvalue weighted by molar-refractivity contribution is 9.10. The Balaban J connectivity index is 1.58. The lowest BCUT2D eigenvalue weighted by molar-refractivity contribution is -0.126. The predicted molar refractivity (Wildman–Crippen MR) is 120 cm³/mol. The molecule has 0 saturated carbocycles. The normalized spacial score (nSPS) is 22.7. The SMILES string of the molecule is COc1cccc(N2C(=O)[C@H]3[C@@H](c4cccc(Br)c4)N(c4ccccc4)O[C@H]3C2=O)c1. The van der Waals surface area contributed by atoms with Crippen molar-refractivity contribution in [2.24, 2.45) is 5.92 Å². The molecule has 3 atom stereocenters. The Hall–Kier alpha value is -3.16. The number of benzene rings is 3. The molecule has 0 radical (unpaired) electrons. The zero-order valence-corrected chi connectivity index (χ0v) is 18.2. The molecule has 7 heteroatoms. The first kappa shape index (κ1) is 19.8. The second kappa shape index (κ2) is 7.83. The molecule has 2 fully saturated rings. The Bertz CT molecular complexity index is 1150. The van der Waals surface area contributed by atoms with Crippen LogP contribution in [0.5, 0.6) is 5.75 Å². The van der Waals surface area contributed by atoms with Crippen molar-refractivity contribution < 1.29 is 19.2 Å². The number of hydrogen-bond donors (Lipinski definition) is 0. The molecule has 2 amide bonds. The van der Waals surface area contributed by atoms with Gasteiger partial charge in [-0.05, 0) is 42.0 Å². The van der Waals surface area contributed by atoms with Crippen LogP contribution in [0.3, 0.4) is 0 Å². The highest BCUT2D eigenvalue weighted by Crippen LogP contribution is 2.48. The van der Waals surface area contributed by atoms with E-state index in [1.165, 1.54) is 4.90 Å². The molecule has 3 aromatic carbocycles. The molecule has 0 N–H and O–H groups in total. The molecule has 0 unspecified atom stereocenters. The summed E-state index contributed by atoms with van der Waals surface area (Å²) in [4.78, 5) is 34.3. The van der Waals surface area contributed by atoms with Crippen molar-refractivity contribution in [3.05, 3.63) is 88.9 Å². The summed E-state index contributed by atoms with van der Waals surface area (Å²) < 4.78 is 6.16. The second-order valence-corrected chi connectivity index (χ2v) is 8.34. The summed E-state index contributed by atoms with van der Waals surface area (Å²) in [5.41, 5.74) is 2.15. The van der Waals surface area contributed by atoms with Gasteiger partial charge in [0.1, 0.15) is 11.7 Å². The molecule has 0 aromatic heterocycles. The summed E-state index contributed by atoms with van der Waals surface area (Å²) in [5, 5.41) is 1.69. The zero-order chi connectivity index (χ0) is 21.5. The maximum atomic E-state index is 13.6. The number of rotatable bonds is 4. The van der Waals surface area contributed by atoms with Gasteiger partial charge in [-0.2, -0.15) is 0 Å². The van der Waals surface area contributed by atoms with Crippen LogP contribution in [0.25, 0.3) is 0 Å². The summed E-state index contributed by atoms with van der Waals surface area (Å²) in [6.45, 7) is 0. The Morgan fingerprint density at radius 2 is 1.61 bits per heavy atom. The quantitative estimate of drug-likeness (QED) is 0.516. The van der Waals surface area contributed by atoms with E-state index in [1.807, 2.05) is 54.6 Å². The van der Waals surface area contributed by atoms with Gasteiger partial charge in [0, 0.05) is 10.5 Å². The molecule has 31 heavy (non-hydrogen) atoms. The Labute approximate surface area is 188 Å². The van der Waals surface area contributed by atoms with Crippen LogP contribution in [-0.4, -0.2) is 25.0 Å². The number of halogens is 1. The van der Waals surface area contributed by atoms with Gasteiger partial charge in [-0.25, -0.2) is 9.96 Å². The topological polar surface area (TPSA) is 59.1 Å². The number of ether oxygens (including phenoxy) is 1. The standard InChI is InChI=1S/C24H19BrN2O4/c1-30-19-12-6-11-18(14-19)26-23(28)20-21(15-7-5-8-16(25)13-15)27(31-22(20)24(26)29)17-9-3-2-4-10-17/h2-14,20-22H,1H3/t20-,21+,22+/m0/s1. The molecular weight excluding hydrogens is 460 g/mol. The van der Waals surface area contributed by atoms with Crippen molar-refractivity contribution >= 4 is 39.1 Å². The minimum Gasteiger partial charge on any atom is -0.497 e. The number of methoxy groups -OCH3 is 1. The van der Waals surface area contributed by atoms with E-state index in [-0.39, 0.29) is 11.8 Å². The molecule has 0 spiro atoms. The molecule has 2 saturated heterocycles. The van der Waals surface area contributed by atoms with Gasteiger partial charge in [-0.3, -0.25) is 14.4 Å². The van der Waals surface area contributed by atoms with Crippen LogP contribution in [0.1, 0.15) is 11.6 Å². The summed E-state index contributed by atoms with van der Waals surface area (Å²) in [6.07, 6.45) is -0.900. The molecule has 0 bridgehead atoms. The summed E-state index contributed by atoms with van der Waals surface area (Å²) in [7, 11) is 1.55. The van der Waals surface area contributed by atoms with Crippen molar-refractivity contribution in [2.75, 3.05) is 17.1 Å². The molecule has 6 nitrogen and oxygen atoms in total. The zero-order valence-electron chi connectivity index (χ0n) is 16.6. The van der Waals surface area contributed by atoms with Crippen molar-refractivity contribution in [1.82, 2.24) is 0 Å². The number of nitrogens with zero attached hydrogens (tertiary/aromatic N) is 2. The van der Waals surface area contributed by atoms with Gasteiger partial charge >= 0.3 is 0 Å². The van der Waals surface area contributed by atoms with Crippen LogP contribution in [0, 0.1) is 5.92 Å². The number of amides is 2. The van der Waals surface area contributed by atoms with E-state index in [1.54, 1.807) is 36.4 Å². The summed E-state index contributed by atoms with van der Waals surface area (Å²) >= 11 is 3.51. The van der Waals surface area contributed by atoms with Gasteiger partial charge in [-0.15, -0.1) is 0 Å². The van der Waals surface area contributed by atoms with Crippen molar-refractivity contribution in [3.8, 4) is 5.75 Å². The fourth-order valence-electron chi connectivity index (χ4n) is 4.25. The number of fused-ring (bicyclic) bond motifs is 1. The molecule has 3 aromatic rings. The van der Waals surface area contributed by atoms with Gasteiger partial charge < -0.3 is 4.74 Å². The minimum atomic E-state index is -0.900. The third kappa shape index (κ3) is 3.30. The average molecular weight is 479 g/mol. The maximum absolute atomic E-state index is 13.6. The number of para-hydroxylation sites is 1. The molecule has 2 aliphatic heterocycles.